The fourth-order valence-corrected chi connectivity index (χ4v) is 3.56. The zero-order valence-corrected chi connectivity index (χ0v) is 16.2. The number of hydrogen-bond acceptors (Lipinski definition) is 5. The van der Waals surface area contributed by atoms with Crippen molar-refractivity contribution in [1.82, 2.24) is 14.7 Å². The average Bonchev–Trinajstić information content (AvgIpc) is 3.16. The number of carbonyl (C=O) groups is 3. The highest BCUT2D eigenvalue weighted by molar-refractivity contribution is 6.33. The molecule has 4 rings (SSSR count). The highest BCUT2D eigenvalue weighted by Gasteiger charge is 2.35. The molecule has 0 saturated heterocycles. The Morgan fingerprint density at radius 1 is 1.00 bits per heavy atom. The molecule has 2 amide bonds. The maximum absolute atomic E-state index is 12.5. The molecule has 7 nitrogen and oxygen atoms in total. The van der Waals surface area contributed by atoms with Gasteiger partial charge in [-0.2, -0.15) is 5.10 Å². The number of carbonyl (C=O) groups excluding carboxylic acids is 3. The van der Waals surface area contributed by atoms with E-state index in [9.17, 15) is 14.4 Å². The van der Waals surface area contributed by atoms with Gasteiger partial charge in [-0.25, -0.2) is 9.48 Å². The van der Waals surface area contributed by atoms with Crippen molar-refractivity contribution in [3.05, 3.63) is 82.1 Å². The van der Waals surface area contributed by atoms with E-state index in [1.807, 2.05) is 30.3 Å². The van der Waals surface area contributed by atoms with Gasteiger partial charge in [0.25, 0.3) is 11.8 Å². The number of rotatable bonds is 5. The Balaban J connectivity index is 1.45. The van der Waals surface area contributed by atoms with E-state index in [1.165, 1.54) is 4.68 Å². The van der Waals surface area contributed by atoms with Gasteiger partial charge in [-0.3, -0.25) is 14.5 Å². The Bertz CT molecular complexity index is 1090. The number of hydrogen-bond donors (Lipinski definition) is 0. The van der Waals surface area contributed by atoms with Gasteiger partial charge < -0.3 is 4.74 Å². The highest BCUT2D eigenvalue weighted by atomic mass is 35.5. The Morgan fingerprint density at radius 3 is 2.21 bits per heavy atom. The third-order valence-corrected chi connectivity index (χ3v) is 4.98. The van der Waals surface area contributed by atoms with Gasteiger partial charge in [-0.1, -0.05) is 41.9 Å². The van der Waals surface area contributed by atoms with Crippen LogP contribution in [0.1, 0.15) is 36.8 Å². The zero-order chi connectivity index (χ0) is 20.5. The molecule has 0 unspecified atom stereocenters. The van der Waals surface area contributed by atoms with Crippen molar-refractivity contribution in [2.75, 3.05) is 13.2 Å². The molecule has 0 atom stereocenters. The summed E-state index contributed by atoms with van der Waals surface area (Å²) in [5.74, 6) is -1.45. The van der Waals surface area contributed by atoms with Crippen molar-refractivity contribution in [1.29, 1.82) is 0 Å². The molecule has 1 aromatic heterocycles. The van der Waals surface area contributed by atoms with Crippen LogP contribution in [0.25, 0.3) is 5.69 Å². The third-order valence-electron chi connectivity index (χ3n) is 4.64. The minimum atomic E-state index is -0.661. The maximum Gasteiger partial charge on any atom is 0.343 e. The van der Waals surface area contributed by atoms with Crippen LogP contribution in [0, 0.1) is 6.92 Å². The summed E-state index contributed by atoms with van der Waals surface area (Å²) in [5, 5.41) is 4.44. The van der Waals surface area contributed by atoms with E-state index in [4.69, 9.17) is 16.3 Å². The minimum Gasteiger partial charge on any atom is -0.460 e. The summed E-state index contributed by atoms with van der Waals surface area (Å²) in [4.78, 5) is 38.3. The van der Waals surface area contributed by atoms with Crippen LogP contribution in [0.4, 0.5) is 0 Å². The quantitative estimate of drug-likeness (QED) is 0.477. The van der Waals surface area contributed by atoms with E-state index in [0.717, 1.165) is 4.90 Å². The Morgan fingerprint density at radius 2 is 1.59 bits per heavy atom. The number of halogens is 1. The second kappa shape index (κ2) is 7.52. The van der Waals surface area contributed by atoms with Gasteiger partial charge >= 0.3 is 5.97 Å². The second-order valence-electron chi connectivity index (χ2n) is 6.44. The summed E-state index contributed by atoms with van der Waals surface area (Å²) in [6, 6.07) is 15.8. The van der Waals surface area contributed by atoms with E-state index in [-0.39, 0.29) is 23.9 Å². The number of benzene rings is 2. The molecule has 0 fully saturated rings. The first-order valence-electron chi connectivity index (χ1n) is 8.92. The predicted octanol–water partition coefficient (Wildman–Crippen LogP) is 3.29. The second-order valence-corrected chi connectivity index (χ2v) is 6.80. The molecule has 3 aromatic rings. The topological polar surface area (TPSA) is 81.5 Å². The number of imide groups is 1. The number of nitrogens with zero attached hydrogens (tertiary/aromatic N) is 3. The summed E-state index contributed by atoms with van der Waals surface area (Å²) >= 11 is 6.35. The monoisotopic (exact) mass is 409 g/mol. The SMILES string of the molecule is Cc1nn(-c2ccccc2)c(Cl)c1C(=O)OCCN1C(=O)c2ccccc2C1=O. The van der Waals surface area contributed by atoms with Crippen LogP contribution >= 0.6 is 11.6 Å². The van der Waals surface area contributed by atoms with E-state index in [1.54, 1.807) is 31.2 Å². The lowest BCUT2D eigenvalue weighted by Gasteiger charge is -2.13. The lowest BCUT2D eigenvalue weighted by Crippen LogP contribution is -2.33. The van der Waals surface area contributed by atoms with Gasteiger partial charge in [0.2, 0.25) is 0 Å². The molecule has 8 heteroatoms. The molecule has 29 heavy (non-hydrogen) atoms. The van der Waals surface area contributed by atoms with E-state index >= 15 is 0 Å². The number of aromatic nitrogens is 2. The van der Waals surface area contributed by atoms with E-state index < -0.39 is 17.8 Å². The first kappa shape index (κ1) is 18.9. The molecule has 0 radical (unpaired) electrons. The molecule has 0 aliphatic carbocycles. The van der Waals surface area contributed by atoms with Crippen molar-refractivity contribution in [2.24, 2.45) is 0 Å². The van der Waals surface area contributed by atoms with Crippen LogP contribution in [0.15, 0.2) is 54.6 Å². The molecular formula is C21H16ClN3O4. The van der Waals surface area contributed by atoms with Crippen LogP contribution in [0.5, 0.6) is 0 Å². The van der Waals surface area contributed by atoms with Gasteiger partial charge in [-0.05, 0) is 31.2 Å². The van der Waals surface area contributed by atoms with Gasteiger partial charge in [0, 0.05) is 0 Å². The first-order chi connectivity index (χ1) is 14.0. The van der Waals surface area contributed by atoms with E-state index in [0.29, 0.717) is 22.5 Å². The van der Waals surface area contributed by atoms with Gasteiger partial charge in [0.05, 0.1) is 29.1 Å². The van der Waals surface area contributed by atoms with Gasteiger partial charge in [0.1, 0.15) is 17.3 Å². The normalized spacial score (nSPS) is 13.0. The predicted molar refractivity (Wildman–Crippen MR) is 105 cm³/mol. The molecule has 1 aliphatic rings. The summed E-state index contributed by atoms with van der Waals surface area (Å²) in [6.45, 7) is 1.48. The molecule has 0 bridgehead atoms. The Hall–Kier alpha value is -3.45. The van der Waals surface area contributed by atoms with Gasteiger partial charge in [-0.15, -0.1) is 0 Å². The van der Waals surface area contributed by atoms with Crippen molar-refractivity contribution in [3.8, 4) is 5.69 Å². The van der Waals surface area contributed by atoms with Crippen LogP contribution in [-0.2, 0) is 4.74 Å². The van der Waals surface area contributed by atoms with Crippen molar-refractivity contribution < 1.29 is 19.1 Å². The lowest BCUT2D eigenvalue weighted by molar-refractivity contribution is 0.0420. The van der Waals surface area contributed by atoms with E-state index in [2.05, 4.69) is 5.10 Å². The molecule has 0 N–H and O–H groups in total. The molecule has 1 aliphatic heterocycles. The summed E-state index contributed by atoms with van der Waals surface area (Å²) in [6.07, 6.45) is 0. The largest absolute Gasteiger partial charge is 0.460 e. The number of para-hydroxylation sites is 1. The van der Waals surface area contributed by atoms with Crippen molar-refractivity contribution >= 4 is 29.4 Å². The van der Waals surface area contributed by atoms with Crippen LogP contribution in [-0.4, -0.2) is 45.6 Å². The van der Waals surface area contributed by atoms with Crippen LogP contribution in [0.3, 0.4) is 0 Å². The van der Waals surface area contributed by atoms with Crippen molar-refractivity contribution in [2.45, 2.75) is 6.92 Å². The summed E-state index contributed by atoms with van der Waals surface area (Å²) in [5.41, 5.74) is 1.99. The lowest BCUT2D eigenvalue weighted by atomic mass is 10.1. The molecule has 2 aromatic carbocycles. The first-order valence-corrected chi connectivity index (χ1v) is 9.29. The standard InChI is InChI=1S/C21H16ClN3O4/c1-13-17(18(22)25(23-13)14-7-3-2-4-8-14)21(28)29-12-11-24-19(26)15-9-5-6-10-16(15)20(24)27/h2-10H,11-12H2,1H3. The average molecular weight is 410 g/mol. The van der Waals surface area contributed by atoms with Crippen LogP contribution < -0.4 is 0 Å². The fraction of sp³-hybridized carbons (Fsp3) is 0.143. The molecule has 0 spiro atoms. The third kappa shape index (κ3) is 3.30. The number of fused-ring (bicyclic) bond motifs is 1. The van der Waals surface area contributed by atoms with Crippen molar-refractivity contribution in [3.63, 3.8) is 0 Å². The number of esters is 1. The smallest absolute Gasteiger partial charge is 0.343 e. The number of ether oxygens (including phenoxy) is 1. The maximum atomic E-state index is 12.5. The summed E-state index contributed by atoms with van der Waals surface area (Å²) < 4.78 is 6.73. The Labute approximate surface area is 171 Å². The highest BCUT2D eigenvalue weighted by Crippen LogP contribution is 2.25. The fourth-order valence-electron chi connectivity index (χ4n) is 3.22. The van der Waals surface area contributed by atoms with Gasteiger partial charge in [0.15, 0.2) is 0 Å². The number of aryl methyl sites for hydroxylation is 1. The molecule has 0 saturated carbocycles. The number of amides is 2. The minimum absolute atomic E-state index is 0.0401. The molecule has 2 heterocycles. The summed E-state index contributed by atoms with van der Waals surface area (Å²) in [7, 11) is 0. The van der Waals surface area contributed by atoms with Crippen LogP contribution in [0.2, 0.25) is 5.15 Å². The molecule has 146 valence electrons. The molecular weight excluding hydrogens is 394 g/mol. The zero-order valence-electron chi connectivity index (χ0n) is 15.5. The Kier molecular flexibility index (Phi) is 4.90.